The summed E-state index contributed by atoms with van der Waals surface area (Å²) in [7, 11) is 0. The number of ether oxygens (including phenoxy) is 1. The highest BCUT2D eigenvalue weighted by atomic mass is 16.5. The van der Waals surface area contributed by atoms with Gasteiger partial charge in [0, 0.05) is 6.42 Å². The molecule has 14 heavy (non-hydrogen) atoms. The fourth-order valence-electron chi connectivity index (χ4n) is 1.75. The molecular formula is C12H14O2. The highest BCUT2D eigenvalue weighted by Gasteiger charge is 2.27. The van der Waals surface area contributed by atoms with Crippen molar-refractivity contribution in [1.29, 1.82) is 0 Å². The Morgan fingerprint density at radius 3 is 3.07 bits per heavy atom. The van der Waals surface area contributed by atoms with Crippen LogP contribution < -0.4 is 4.74 Å². The zero-order valence-corrected chi connectivity index (χ0v) is 8.02. The van der Waals surface area contributed by atoms with Gasteiger partial charge in [-0.3, -0.25) is 0 Å². The highest BCUT2D eigenvalue weighted by Crippen LogP contribution is 2.29. The molecule has 1 aliphatic heterocycles. The van der Waals surface area contributed by atoms with Gasteiger partial charge in [0.05, 0.1) is 6.10 Å². The molecule has 0 fully saturated rings. The standard InChI is InChI=1S/C12H14O2/c1-2-5-10(13)12-8-9-6-3-4-7-11(9)14-12/h2-4,6-7,10,12-13H,1,5,8H2. The molecule has 0 saturated heterocycles. The van der Waals surface area contributed by atoms with Gasteiger partial charge in [-0.1, -0.05) is 24.3 Å². The summed E-state index contributed by atoms with van der Waals surface area (Å²) in [4.78, 5) is 0. The van der Waals surface area contributed by atoms with Crippen molar-refractivity contribution in [2.45, 2.75) is 25.0 Å². The summed E-state index contributed by atoms with van der Waals surface area (Å²) in [5.41, 5.74) is 1.18. The van der Waals surface area contributed by atoms with Crippen LogP contribution in [0, 0.1) is 0 Å². The Morgan fingerprint density at radius 1 is 1.57 bits per heavy atom. The van der Waals surface area contributed by atoms with E-state index in [-0.39, 0.29) is 6.10 Å². The van der Waals surface area contributed by atoms with Crippen LogP contribution >= 0.6 is 0 Å². The molecule has 0 aromatic heterocycles. The van der Waals surface area contributed by atoms with Gasteiger partial charge < -0.3 is 9.84 Å². The average molecular weight is 190 g/mol. The Morgan fingerprint density at radius 2 is 2.36 bits per heavy atom. The van der Waals surface area contributed by atoms with Gasteiger partial charge in [0.15, 0.2) is 0 Å². The van der Waals surface area contributed by atoms with E-state index in [0.29, 0.717) is 6.42 Å². The molecule has 2 unspecified atom stereocenters. The maximum absolute atomic E-state index is 9.72. The molecule has 74 valence electrons. The van der Waals surface area contributed by atoms with E-state index < -0.39 is 6.10 Å². The Labute approximate surface area is 83.8 Å². The first kappa shape index (κ1) is 9.28. The maximum atomic E-state index is 9.72. The van der Waals surface area contributed by atoms with Crippen LogP contribution in [-0.4, -0.2) is 17.3 Å². The lowest BCUT2D eigenvalue weighted by atomic mass is 10.0. The second kappa shape index (κ2) is 3.84. The maximum Gasteiger partial charge on any atom is 0.129 e. The third kappa shape index (κ3) is 1.66. The van der Waals surface area contributed by atoms with Crippen molar-refractivity contribution >= 4 is 0 Å². The van der Waals surface area contributed by atoms with Crippen molar-refractivity contribution in [3.63, 3.8) is 0 Å². The van der Waals surface area contributed by atoms with Gasteiger partial charge in [0.25, 0.3) is 0 Å². The molecule has 2 atom stereocenters. The molecular weight excluding hydrogens is 176 g/mol. The first-order chi connectivity index (χ1) is 6.81. The molecule has 1 N–H and O–H groups in total. The molecule has 0 radical (unpaired) electrons. The van der Waals surface area contributed by atoms with Crippen LogP contribution in [-0.2, 0) is 6.42 Å². The van der Waals surface area contributed by atoms with E-state index in [1.54, 1.807) is 6.08 Å². The molecule has 2 rings (SSSR count). The second-order valence-corrected chi connectivity index (χ2v) is 3.56. The normalized spacial score (nSPS) is 21.1. The Bertz CT molecular complexity index is 308. The third-order valence-corrected chi connectivity index (χ3v) is 2.51. The quantitative estimate of drug-likeness (QED) is 0.738. The minimum absolute atomic E-state index is 0.106. The van der Waals surface area contributed by atoms with Crippen LogP contribution in [0.4, 0.5) is 0 Å². The Balaban J connectivity index is 2.07. The van der Waals surface area contributed by atoms with E-state index >= 15 is 0 Å². The second-order valence-electron chi connectivity index (χ2n) is 3.56. The van der Waals surface area contributed by atoms with Crippen molar-refractivity contribution in [3.8, 4) is 5.75 Å². The number of rotatable bonds is 3. The van der Waals surface area contributed by atoms with Crippen molar-refractivity contribution in [2.75, 3.05) is 0 Å². The molecule has 1 aromatic rings. The number of para-hydroxylation sites is 1. The summed E-state index contributed by atoms with van der Waals surface area (Å²) in [6.45, 7) is 3.61. The number of aliphatic hydroxyl groups is 1. The topological polar surface area (TPSA) is 29.5 Å². The third-order valence-electron chi connectivity index (χ3n) is 2.51. The van der Waals surface area contributed by atoms with Gasteiger partial charge in [0.2, 0.25) is 0 Å². The number of hydrogen-bond acceptors (Lipinski definition) is 2. The Kier molecular flexibility index (Phi) is 2.55. The van der Waals surface area contributed by atoms with Crippen LogP contribution in [0.15, 0.2) is 36.9 Å². The summed E-state index contributed by atoms with van der Waals surface area (Å²) in [5.74, 6) is 0.903. The fourth-order valence-corrected chi connectivity index (χ4v) is 1.75. The first-order valence-electron chi connectivity index (χ1n) is 4.85. The van der Waals surface area contributed by atoms with Crippen LogP contribution in [0.5, 0.6) is 5.75 Å². The molecule has 2 nitrogen and oxygen atoms in total. The van der Waals surface area contributed by atoms with Gasteiger partial charge >= 0.3 is 0 Å². The lowest BCUT2D eigenvalue weighted by Crippen LogP contribution is -2.29. The summed E-state index contributed by atoms with van der Waals surface area (Å²) < 4.78 is 5.62. The summed E-state index contributed by atoms with van der Waals surface area (Å²) in [6, 6.07) is 7.91. The van der Waals surface area contributed by atoms with E-state index in [4.69, 9.17) is 4.74 Å². The van der Waals surface area contributed by atoms with Gasteiger partial charge in [0.1, 0.15) is 11.9 Å². The van der Waals surface area contributed by atoms with Crippen LogP contribution in [0.25, 0.3) is 0 Å². The van der Waals surface area contributed by atoms with E-state index in [2.05, 4.69) is 6.58 Å². The molecule has 0 amide bonds. The monoisotopic (exact) mass is 190 g/mol. The summed E-state index contributed by atoms with van der Waals surface area (Å²) in [6.07, 6.45) is 2.55. The van der Waals surface area contributed by atoms with Crippen molar-refractivity contribution in [3.05, 3.63) is 42.5 Å². The molecule has 1 heterocycles. The summed E-state index contributed by atoms with van der Waals surface area (Å²) >= 11 is 0. The molecule has 1 aromatic carbocycles. The zero-order chi connectivity index (χ0) is 9.97. The minimum Gasteiger partial charge on any atom is -0.487 e. The zero-order valence-electron chi connectivity index (χ0n) is 8.02. The van der Waals surface area contributed by atoms with Gasteiger partial charge in [-0.15, -0.1) is 6.58 Å². The van der Waals surface area contributed by atoms with E-state index in [1.807, 2.05) is 24.3 Å². The predicted molar refractivity (Wildman–Crippen MR) is 55.4 cm³/mol. The lowest BCUT2D eigenvalue weighted by Gasteiger charge is -2.16. The summed E-state index contributed by atoms with van der Waals surface area (Å²) in [5, 5.41) is 9.72. The minimum atomic E-state index is -0.445. The number of hydrogen-bond donors (Lipinski definition) is 1. The van der Waals surface area contributed by atoms with Gasteiger partial charge in [-0.25, -0.2) is 0 Å². The molecule has 1 aliphatic rings. The lowest BCUT2D eigenvalue weighted by molar-refractivity contribution is 0.0522. The largest absolute Gasteiger partial charge is 0.487 e. The molecule has 0 saturated carbocycles. The fraction of sp³-hybridized carbons (Fsp3) is 0.333. The number of aliphatic hydroxyl groups excluding tert-OH is 1. The number of benzene rings is 1. The van der Waals surface area contributed by atoms with E-state index in [0.717, 1.165) is 12.2 Å². The van der Waals surface area contributed by atoms with E-state index in [9.17, 15) is 5.11 Å². The molecule has 0 bridgehead atoms. The van der Waals surface area contributed by atoms with Crippen molar-refractivity contribution in [2.24, 2.45) is 0 Å². The highest BCUT2D eigenvalue weighted by molar-refractivity contribution is 5.37. The molecule has 2 heteroatoms. The predicted octanol–water partition coefficient (Wildman–Crippen LogP) is 1.93. The van der Waals surface area contributed by atoms with Crippen LogP contribution in [0.2, 0.25) is 0 Å². The van der Waals surface area contributed by atoms with Crippen molar-refractivity contribution < 1.29 is 9.84 Å². The van der Waals surface area contributed by atoms with Crippen LogP contribution in [0.1, 0.15) is 12.0 Å². The van der Waals surface area contributed by atoms with Crippen molar-refractivity contribution in [1.82, 2.24) is 0 Å². The van der Waals surface area contributed by atoms with E-state index in [1.165, 1.54) is 5.56 Å². The average Bonchev–Trinajstić information content (AvgIpc) is 2.61. The van der Waals surface area contributed by atoms with Gasteiger partial charge in [-0.2, -0.15) is 0 Å². The smallest absolute Gasteiger partial charge is 0.129 e. The molecule has 0 spiro atoms. The molecule has 0 aliphatic carbocycles. The van der Waals surface area contributed by atoms with Crippen LogP contribution in [0.3, 0.4) is 0 Å². The van der Waals surface area contributed by atoms with Gasteiger partial charge in [-0.05, 0) is 18.1 Å². The Hall–Kier alpha value is -1.28. The SMILES string of the molecule is C=CCC(O)C1Cc2ccccc2O1. The number of fused-ring (bicyclic) bond motifs is 1. The first-order valence-corrected chi connectivity index (χ1v) is 4.85.